The number of rotatable bonds is 15. The fourth-order valence-corrected chi connectivity index (χ4v) is 6.83. The van der Waals surface area contributed by atoms with Gasteiger partial charge in [-0.05, 0) is 106 Å². The molecule has 0 unspecified atom stereocenters. The Labute approximate surface area is 287 Å². The molecular formula is C37H43Cl2FN6O. The molecular weight excluding hydrogens is 634 g/mol. The molecule has 1 fully saturated rings. The van der Waals surface area contributed by atoms with E-state index < -0.39 is 5.41 Å². The average molecular weight is 678 g/mol. The van der Waals surface area contributed by atoms with Gasteiger partial charge in [-0.3, -0.25) is 14.3 Å². The van der Waals surface area contributed by atoms with Crippen molar-refractivity contribution in [2.24, 2.45) is 10.4 Å². The van der Waals surface area contributed by atoms with E-state index in [2.05, 4.69) is 50.5 Å². The fourth-order valence-electron chi connectivity index (χ4n) is 6.33. The topological polar surface area (TPSA) is 69.8 Å². The SMILES string of the molecule is C=C/N=C\N(CC)CCn1c(CN2CCC(CF)(Cc3ccnc(CCc4ccc(Cl)cc4Cl)c3)CC2)nc2ccc(C(=C)O)cc21. The van der Waals surface area contributed by atoms with Crippen molar-refractivity contribution in [1.82, 2.24) is 24.3 Å². The molecule has 5 rings (SSSR count). The van der Waals surface area contributed by atoms with Crippen molar-refractivity contribution in [2.75, 3.05) is 32.9 Å². The van der Waals surface area contributed by atoms with Crippen LogP contribution in [0.1, 0.15) is 48.0 Å². The summed E-state index contributed by atoms with van der Waals surface area (Å²) in [7, 11) is 0. The van der Waals surface area contributed by atoms with Crippen molar-refractivity contribution in [3.8, 4) is 0 Å². The molecule has 248 valence electrons. The molecule has 0 bridgehead atoms. The Balaban J connectivity index is 1.26. The van der Waals surface area contributed by atoms with Gasteiger partial charge in [-0.1, -0.05) is 42.4 Å². The molecule has 10 heteroatoms. The van der Waals surface area contributed by atoms with E-state index in [4.69, 9.17) is 28.2 Å². The molecule has 0 amide bonds. The highest BCUT2D eigenvalue weighted by Crippen LogP contribution is 2.36. The van der Waals surface area contributed by atoms with E-state index in [-0.39, 0.29) is 12.4 Å². The third kappa shape index (κ3) is 8.80. The van der Waals surface area contributed by atoms with Crippen molar-refractivity contribution < 1.29 is 9.50 Å². The quantitative estimate of drug-likeness (QED) is 0.0779. The zero-order chi connectivity index (χ0) is 33.4. The Morgan fingerprint density at radius 2 is 1.94 bits per heavy atom. The molecule has 0 radical (unpaired) electrons. The number of nitrogens with zero attached hydrogens (tertiary/aromatic N) is 6. The monoisotopic (exact) mass is 676 g/mol. The molecule has 0 saturated carbocycles. The number of aliphatic hydroxyl groups excluding tert-OH is 1. The summed E-state index contributed by atoms with van der Waals surface area (Å²) in [5.41, 5.74) is 5.21. The first-order valence-corrected chi connectivity index (χ1v) is 16.9. The van der Waals surface area contributed by atoms with Crippen LogP contribution < -0.4 is 0 Å². The van der Waals surface area contributed by atoms with Crippen molar-refractivity contribution in [3.05, 3.63) is 112 Å². The van der Waals surface area contributed by atoms with Gasteiger partial charge in [-0.15, -0.1) is 0 Å². The number of aliphatic imine (C=N–C) groups is 1. The first kappa shape index (κ1) is 34.6. The van der Waals surface area contributed by atoms with Crippen LogP contribution in [-0.4, -0.2) is 68.6 Å². The third-order valence-corrected chi connectivity index (χ3v) is 9.79. The van der Waals surface area contributed by atoms with E-state index in [9.17, 15) is 9.50 Å². The molecule has 7 nitrogen and oxygen atoms in total. The van der Waals surface area contributed by atoms with Crippen LogP contribution in [0.3, 0.4) is 0 Å². The molecule has 1 aliphatic rings. The number of hydrogen-bond acceptors (Lipinski definition) is 5. The number of imidazole rings is 1. The van der Waals surface area contributed by atoms with Crippen LogP contribution in [0.25, 0.3) is 16.8 Å². The number of hydrogen-bond donors (Lipinski definition) is 1. The van der Waals surface area contributed by atoms with Gasteiger partial charge in [0.05, 0.1) is 30.6 Å². The summed E-state index contributed by atoms with van der Waals surface area (Å²) in [5, 5.41) is 11.4. The summed E-state index contributed by atoms with van der Waals surface area (Å²) < 4.78 is 17.0. The highest BCUT2D eigenvalue weighted by Gasteiger charge is 2.35. The first-order chi connectivity index (χ1) is 22.7. The van der Waals surface area contributed by atoms with Crippen molar-refractivity contribution in [3.63, 3.8) is 0 Å². The Hall–Kier alpha value is -3.72. The number of likely N-dealkylation sites (tertiary alicyclic amines) is 1. The normalized spacial score (nSPS) is 15.0. The minimum absolute atomic E-state index is 0.0281. The molecule has 1 aliphatic heterocycles. The standard InChI is InChI=1S/C37H43Cl2FN6O/c1-4-41-26-44(5-2)18-19-46-35-21-30(27(3)47)8-11-34(35)43-36(46)24-45-16-13-37(25-40,14-17-45)23-28-12-15-42-32(20-28)10-7-29-6-9-31(38)22-33(29)39/h4,6,8-9,11-12,15,20-22,26,47H,1,3,5,7,10,13-14,16-19,23-25H2,2H3/b41-26-. The van der Waals surface area contributed by atoms with Crippen molar-refractivity contribution in [2.45, 2.75) is 52.1 Å². The van der Waals surface area contributed by atoms with Crippen LogP contribution in [0, 0.1) is 5.41 Å². The second kappa shape index (κ2) is 15.9. The molecule has 1 saturated heterocycles. The van der Waals surface area contributed by atoms with E-state index in [0.29, 0.717) is 35.1 Å². The van der Waals surface area contributed by atoms with Gasteiger partial charge in [0.1, 0.15) is 11.6 Å². The predicted octanol–water partition coefficient (Wildman–Crippen LogP) is 8.34. The number of halogens is 3. The molecule has 2 aromatic heterocycles. The first-order valence-electron chi connectivity index (χ1n) is 16.1. The maximum atomic E-state index is 14.8. The van der Waals surface area contributed by atoms with E-state index >= 15 is 0 Å². The lowest BCUT2D eigenvalue weighted by molar-refractivity contribution is 0.0718. The minimum Gasteiger partial charge on any atom is -0.508 e. The van der Waals surface area contributed by atoms with E-state index in [1.165, 1.54) is 6.20 Å². The zero-order valence-corrected chi connectivity index (χ0v) is 28.5. The van der Waals surface area contributed by atoms with Gasteiger partial charge in [0.25, 0.3) is 0 Å². The van der Waals surface area contributed by atoms with E-state index in [1.54, 1.807) is 12.4 Å². The number of piperidine rings is 1. The molecule has 4 aromatic rings. The van der Waals surface area contributed by atoms with Crippen molar-refractivity contribution >= 4 is 46.3 Å². The van der Waals surface area contributed by atoms with Crippen LogP contribution in [0.15, 0.2) is 79.1 Å². The van der Waals surface area contributed by atoms with Gasteiger partial charge in [-0.2, -0.15) is 0 Å². The highest BCUT2D eigenvalue weighted by molar-refractivity contribution is 6.35. The lowest BCUT2D eigenvalue weighted by Gasteiger charge is -2.40. The van der Waals surface area contributed by atoms with Gasteiger partial charge in [0, 0.05) is 58.7 Å². The summed E-state index contributed by atoms with van der Waals surface area (Å²) in [6.45, 7) is 13.6. The van der Waals surface area contributed by atoms with Crippen LogP contribution in [0.5, 0.6) is 0 Å². The number of benzene rings is 2. The molecule has 0 spiro atoms. The Bertz CT molecular complexity index is 1730. The maximum Gasteiger partial charge on any atom is 0.124 e. The van der Waals surface area contributed by atoms with Gasteiger partial charge in [-0.25, -0.2) is 9.98 Å². The maximum absolute atomic E-state index is 14.8. The number of fused-ring (bicyclic) bond motifs is 1. The van der Waals surface area contributed by atoms with Gasteiger partial charge >= 0.3 is 0 Å². The van der Waals surface area contributed by atoms with Gasteiger partial charge in [0.15, 0.2) is 0 Å². The Morgan fingerprint density at radius 1 is 1.13 bits per heavy atom. The number of pyridine rings is 1. The Kier molecular flexibility index (Phi) is 11.7. The Morgan fingerprint density at radius 3 is 2.64 bits per heavy atom. The average Bonchev–Trinajstić information content (AvgIpc) is 3.41. The lowest BCUT2D eigenvalue weighted by Crippen LogP contribution is -2.42. The third-order valence-electron chi connectivity index (χ3n) is 9.20. The second-order valence-corrected chi connectivity index (χ2v) is 13.2. The zero-order valence-electron chi connectivity index (χ0n) is 27.0. The summed E-state index contributed by atoms with van der Waals surface area (Å²) >= 11 is 12.4. The van der Waals surface area contributed by atoms with Crippen LogP contribution in [-0.2, 0) is 32.4 Å². The molecule has 47 heavy (non-hydrogen) atoms. The smallest absolute Gasteiger partial charge is 0.124 e. The summed E-state index contributed by atoms with van der Waals surface area (Å²) in [6.07, 6.45) is 8.87. The molecule has 3 heterocycles. The second-order valence-electron chi connectivity index (χ2n) is 12.4. The number of aromatic nitrogens is 3. The number of likely N-dealkylation sites (N-methyl/N-ethyl adjacent to an activating group) is 1. The highest BCUT2D eigenvalue weighted by atomic mass is 35.5. The minimum atomic E-state index is -0.406. The largest absolute Gasteiger partial charge is 0.508 e. The van der Waals surface area contributed by atoms with Crippen LogP contribution >= 0.6 is 23.2 Å². The van der Waals surface area contributed by atoms with Gasteiger partial charge < -0.3 is 14.6 Å². The molecule has 1 N–H and O–H groups in total. The fraction of sp³-hybridized carbons (Fsp3) is 0.378. The van der Waals surface area contributed by atoms with Crippen LogP contribution in [0.4, 0.5) is 4.39 Å². The van der Waals surface area contributed by atoms with E-state index in [0.717, 1.165) is 85.5 Å². The molecule has 0 aliphatic carbocycles. The van der Waals surface area contributed by atoms with Gasteiger partial charge in [0.2, 0.25) is 0 Å². The summed E-state index contributed by atoms with van der Waals surface area (Å²) in [4.78, 5) is 18.3. The summed E-state index contributed by atoms with van der Waals surface area (Å²) in [6, 6.07) is 15.4. The van der Waals surface area contributed by atoms with Crippen LogP contribution in [0.2, 0.25) is 10.0 Å². The number of aryl methyl sites for hydroxylation is 2. The lowest BCUT2D eigenvalue weighted by atomic mass is 9.75. The summed E-state index contributed by atoms with van der Waals surface area (Å²) in [5.74, 6) is 0.977. The predicted molar refractivity (Wildman–Crippen MR) is 192 cm³/mol. The molecule has 2 aromatic carbocycles. The number of aliphatic hydroxyl groups is 1. The van der Waals surface area contributed by atoms with E-state index in [1.807, 2.05) is 42.6 Å². The van der Waals surface area contributed by atoms with Crippen molar-refractivity contribution in [1.29, 1.82) is 0 Å². The molecule has 0 atom stereocenters. The number of alkyl halides is 1.